The van der Waals surface area contributed by atoms with Crippen LogP contribution >= 0.6 is 9.24 Å². The van der Waals surface area contributed by atoms with E-state index in [0.29, 0.717) is 0 Å². The van der Waals surface area contributed by atoms with Crippen LogP contribution in [-0.4, -0.2) is 5.65 Å². The number of hydrogen-bond acceptors (Lipinski definition) is 1. The summed E-state index contributed by atoms with van der Waals surface area (Å²) in [5.41, 5.74) is 5.24. The minimum Gasteiger partial charge on any atom is -0.693 e. The van der Waals surface area contributed by atoms with E-state index in [2.05, 4.69) is 0 Å². The predicted octanol–water partition coefficient (Wildman–Crippen LogP) is -1.25. The molecular weight excluding hydrogens is 126 g/mol. The van der Waals surface area contributed by atoms with Gasteiger partial charge in [-0.1, -0.05) is 9.24 Å². The van der Waals surface area contributed by atoms with E-state index in [1.54, 1.807) is 9.24 Å². The first-order valence-electron chi connectivity index (χ1n) is 0.743. The average molecular weight is 131 g/mol. The molecule has 0 aliphatic carbocycles. The number of nitrogens with one attached hydrogen (secondary N) is 1. The van der Waals surface area contributed by atoms with Gasteiger partial charge in [0, 0.05) is 0 Å². The minimum atomic E-state index is -0.667. The van der Waals surface area contributed by atoms with Gasteiger partial charge in [0.15, 0.2) is 0 Å². The number of hydrogen-bond donors (Lipinski definition) is 0. The van der Waals surface area contributed by atoms with Crippen molar-refractivity contribution in [2.45, 2.75) is 0 Å². The van der Waals surface area contributed by atoms with Gasteiger partial charge in [-0.2, -0.15) is 0 Å². The van der Waals surface area contributed by atoms with Gasteiger partial charge >= 0.3 is 51.4 Å². The zero-order chi connectivity index (χ0) is 3.58. The summed E-state index contributed by atoms with van der Waals surface area (Å²) in [6.45, 7) is 0. The van der Waals surface area contributed by atoms with E-state index in [0.717, 1.165) is 0 Å². The van der Waals surface area contributed by atoms with Gasteiger partial charge in [-0.05, 0) is 0 Å². The first-order chi connectivity index (χ1) is 1.73. The molecular formula is CH5KN2OP-. The third-order valence-corrected chi connectivity index (χ3v) is 0. The van der Waals surface area contributed by atoms with E-state index >= 15 is 0 Å². The Bertz CT molecular complexity index is 36.5. The van der Waals surface area contributed by atoms with E-state index < -0.39 is 5.65 Å². The van der Waals surface area contributed by atoms with Gasteiger partial charge in [0.1, 0.15) is 0 Å². The molecule has 0 saturated carbocycles. The van der Waals surface area contributed by atoms with E-state index in [-0.39, 0.29) is 57.5 Å². The topological polar surface area (TPSA) is 74.4 Å². The molecule has 0 spiro atoms. The number of carbonyl (C=O) groups excluding carboxylic acids is 1. The molecule has 1 amide bonds. The summed E-state index contributed by atoms with van der Waals surface area (Å²) < 4.78 is 0. The van der Waals surface area contributed by atoms with Crippen LogP contribution in [-0.2, 0) is 0 Å². The van der Waals surface area contributed by atoms with Crippen molar-refractivity contribution in [1.82, 2.24) is 0 Å². The van der Waals surface area contributed by atoms with Crippen molar-refractivity contribution in [2.75, 3.05) is 0 Å². The molecule has 0 aromatic carbocycles. The SMILES string of the molecule is [K+].[NH-]C(=O)P.[NH2-]. The van der Waals surface area contributed by atoms with Crippen LogP contribution < -0.4 is 51.4 Å². The first-order valence-corrected chi connectivity index (χ1v) is 1.32. The monoisotopic (exact) mass is 131 g/mol. The molecule has 0 radical (unpaired) electrons. The summed E-state index contributed by atoms with van der Waals surface area (Å²) in [5, 5.41) is 0. The molecule has 6 heavy (non-hydrogen) atoms. The Kier molecular flexibility index (Phi) is 25.3. The van der Waals surface area contributed by atoms with Crippen molar-refractivity contribution >= 4 is 14.9 Å². The third-order valence-electron chi connectivity index (χ3n) is 0. The van der Waals surface area contributed by atoms with Gasteiger partial charge in [0.2, 0.25) is 0 Å². The molecule has 5 heteroatoms. The molecule has 0 rings (SSSR count). The zero-order valence-electron chi connectivity index (χ0n) is 3.56. The van der Waals surface area contributed by atoms with Gasteiger partial charge in [0.25, 0.3) is 0 Å². The molecule has 1 unspecified atom stereocenters. The predicted molar refractivity (Wildman–Crippen MR) is 24.7 cm³/mol. The largest absolute Gasteiger partial charge is 1.00 e. The second kappa shape index (κ2) is 9.71. The van der Waals surface area contributed by atoms with Gasteiger partial charge in [-0.25, -0.2) is 0 Å². The van der Waals surface area contributed by atoms with Crippen LogP contribution in [0.1, 0.15) is 0 Å². The van der Waals surface area contributed by atoms with Gasteiger partial charge in [-0.15, -0.1) is 0 Å². The summed E-state index contributed by atoms with van der Waals surface area (Å²) in [4.78, 5) is 9.07. The normalized spacial score (nSPS) is 4.17. The Morgan fingerprint density at radius 1 is 1.67 bits per heavy atom. The quantitative estimate of drug-likeness (QED) is 0.299. The maximum Gasteiger partial charge on any atom is 1.00 e. The Morgan fingerprint density at radius 2 is 1.67 bits per heavy atom. The van der Waals surface area contributed by atoms with Crippen molar-refractivity contribution in [1.29, 1.82) is 0 Å². The second-order valence-corrected chi connectivity index (χ2v) is 0.889. The van der Waals surface area contributed by atoms with Crippen LogP contribution in [0, 0.1) is 0 Å². The fraction of sp³-hybridized carbons (Fsp3) is 0. The molecule has 0 fully saturated rings. The Morgan fingerprint density at radius 3 is 1.67 bits per heavy atom. The summed E-state index contributed by atoms with van der Waals surface area (Å²) in [6, 6.07) is 0. The van der Waals surface area contributed by atoms with Crippen molar-refractivity contribution in [3.63, 3.8) is 0 Å². The summed E-state index contributed by atoms with van der Waals surface area (Å²) in [6.07, 6.45) is 0. The maximum atomic E-state index is 9.07. The zero-order valence-corrected chi connectivity index (χ0v) is 7.84. The Labute approximate surface area is 81.6 Å². The molecule has 0 aromatic rings. The average Bonchev–Trinajstić information content (AvgIpc) is 0.811. The number of nitrogens with two attached hydrogens (primary N) is 1. The van der Waals surface area contributed by atoms with Crippen LogP contribution in [0.5, 0.6) is 0 Å². The molecule has 1 atom stereocenters. The minimum absolute atomic E-state index is 0. The van der Waals surface area contributed by atoms with Gasteiger partial charge in [0.05, 0.1) is 5.65 Å². The molecule has 0 aliphatic rings. The fourth-order valence-corrected chi connectivity index (χ4v) is 0. The summed E-state index contributed by atoms with van der Waals surface area (Å²) in [5.74, 6) is 0. The van der Waals surface area contributed by atoms with Crippen molar-refractivity contribution in [3.05, 3.63) is 11.9 Å². The van der Waals surface area contributed by atoms with Crippen molar-refractivity contribution in [3.8, 4) is 0 Å². The fourth-order valence-electron chi connectivity index (χ4n) is 0. The number of carbonyl (C=O) groups is 1. The van der Waals surface area contributed by atoms with E-state index in [1.165, 1.54) is 0 Å². The number of rotatable bonds is 0. The van der Waals surface area contributed by atoms with Gasteiger partial charge < -0.3 is 16.7 Å². The van der Waals surface area contributed by atoms with Crippen LogP contribution in [0.3, 0.4) is 0 Å². The van der Waals surface area contributed by atoms with Crippen LogP contribution in [0.15, 0.2) is 0 Å². The van der Waals surface area contributed by atoms with E-state index in [1.807, 2.05) is 0 Å². The van der Waals surface area contributed by atoms with Crippen molar-refractivity contribution in [2.24, 2.45) is 0 Å². The second-order valence-electron chi connectivity index (χ2n) is 0.364. The summed E-state index contributed by atoms with van der Waals surface area (Å²) in [7, 11) is 1.69. The molecule has 0 heterocycles. The molecule has 0 saturated heterocycles. The summed E-state index contributed by atoms with van der Waals surface area (Å²) >= 11 is 0. The Balaban J connectivity index is -0.0000000450. The van der Waals surface area contributed by atoms with Crippen molar-refractivity contribution < 1.29 is 56.2 Å². The van der Waals surface area contributed by atoms with Crippen LogP contribution in [0.25, 0.3) is 11.9 Å². The van der Waals surface area contributed by atoms with Crippen LogP contribution in [0.4, 0.5) is 4.79 Å². The smallest absolute Gasteiger partial charge is 0.693 e. The molecule has 3 nitrogen and oxygen atoms in total. The van der Waals surface area contributed by atoms with Gasteiger partial charge in [-0.3, -0.25) is 0 Å². The molecule has 0 aliphatic heterocycles. The molecule has 32 valence electrons. The van der Waals surface area contributed by atoms with E-state index in [4.69, 9.17) is 10.5 Å². The molecule has 0 aromatic heterocycles. The maximum absolute atomic E-state index is 9.07. The molecule has 0 bridgehead atoms. The standard InChI is InChI=1S/CH4NOP.K.H2N/c2-1(3)4;;/h4H2,(H2,2,3);;1H2/q;+1;-1/p-1. The first kappa shape index (κ1) is 15.6. The Hall–Kier alpha value is 1.50. The third kappa shape index (κ3) is 49.6. The van der Waals surface area contributed by atoms with E-state index in [9.17, 15) is 0 Å². The molecule has 3 N–H and O–H groups in total. The van der Waals surface area contributed by atoms with Crippen LogP contribution in [0.2, 0.25) is 0 Å². The number of amides is 1.